The Kier molecular flexibility index (Phi) is 21.2. The standard InChI is InChI=1S/2C27H21ClN4O3.3C2H2O4/c2*1-31-22-12-9-18(13-21(22)20(14-23(31)33)16-5-3-2-4-6-16)24(17-7-10-19(28)11-8-17)32-15-30-26(29)25(32)27(34)35;3*3-1(4)2(5)6/h2*2-15,24H,29H2,1H3,(H,34,35);3*(H,3,4)(H,5,6). The fourth-order valence-electron chi connectivity index (χ4n) is 8.91. The lowest BCUT2D eigenvalue weighted by Gasteiger charge is -2.22. The maximum Gasteiger partial charge on any atom is 0.414 e. The average molecular weight is 1240 g/mol. The summed E-state index contributed by atoms with van der Waals surface area (Å²) in [7, 11) is 3.46. The highest BCUT2D eigenvalue weighted by Crippen LogP contribution is 2.37. The summed E-state index contributed by atoms with van der Waals surface area (Å²) in [6, 6.07) is 47.4. The predicted molar refractivity (Wildman–Crippen MR) is 320 cm³/mol. The number of hydrogen-bond donors (Lipinski definition) is 10. The first-order valence-electron chi connectivity index (χ1n) is 25.0. The molecule has 10 rings (SSSR count). The van der Waals surface area contributed by atoms with E-state index >= 15 is 0 Å². The van der Waals surface area contributed by atoms with Crippen molar-refractivity contribution in [2.45, 2.75) is 12.1 Å². The van der Waals surface area contributed by atoms with Gasteiger partial charge in [-0.15, -0.1) is 0 Å². The lowest BCUT2D eigenvalue weighted by molar-refractivity contribution is -0.159. The number of aromatic nitrogens is 6. The van der Waals surface area contributed by atoms with Crippen LogP contribution in [0.4, 0.5) is 11.6 Å². The van der Waals surface area contributed by atoms with Gasteiger partial charge >= 0.3 is 47.8 Å². The van der Waals surface area contributed by atoms with Crippen LogP contribution in [0.15, 0.2) is 180 Å². The number of aryl methyl sites for hydroxylation is 2. The number of anilines is 2. The summed E-state index contributed by atoms with van der Waals surface area (Å²) in [6.07, 6.45) is 2.86. The van der Waals surface area contributed by atoms with Gasteiger partial charge in [0.2, 0.25) is 0 Å². The van der Waals surface area contributed by atoms with E-state index in [1.807, 2.05) is 121 Å². The summed E-state index contributed by atoms with van der Waals surface area (Å²) in [5, 5.41) is 66.9. The Balaban J connectivity index is 0.000000220. The molecular formula is C60H48Cl2N8O18. The molecule has 0 saturated carbocycles. The van der Waals surface area contributed by atoms with Crippen LogP contribution in [-0.2, 0) is 42.9 Å². The van der Waals surface area contributed by atoms with E-state index in [-0.39, 0.29) is 34.1 Å². The van der Waals surface area contributed by atoms with E-state index in [4.69, 9.17) is 94.1 Å². The molecule has 88 heavy (non-hydrogen) atoms. The van der Waals surface area contributed by atoms with Gasteiger partial charge in [-0.2, -0.15) is 0 Å². The van der Waals surface area contributed by atoms with Gasteiger partial charge in [0, 0.05) is 47.0 Å². The van der Waals surface area contributed by atoms with Crippen molar-refractivity contribution in [3.8, 4) is 22.3 Å². The Morgan fingerprint density at radius 2 is 0.693 bits per heavy atom. The summed E-state index contributed by atoms with van der Waals surface area (Å²) in [4.78, 5) is 112. The molecule has 450 valence electrons. The molecule has 0 radical (unpaired) electrons. The number of nitrogen functional groups attached to an aromatic ring is 2. The number of nitrogens with two attached hydrogens (primary N) is 2. The van der Waals surface area contributed by atoms with Crippen molar-refractivity contribution in [1.82, 2.24) is 28.2 Å². The highest BCUT2D eigenvalue weighted by molar-refractivity contribution is 6.31. The van der Waals surface area contributed by atoms with Crippen LogP contribution in [0.1, 0.15) is 55.3 Å². The Labute approximate surface area is 504 Å². The van der Waals surface area contributed by atoms with Gasteiger partial charge < -0.3 is 70.6 Å². The van der Waals surface area contributed by atoms with Gasteiger partial charge in [0.25, 0.3) is 11.1 Å². The van der Waals surface area contributed by atoms with Crippen LogP contribution < -0.4 is 22.6 Å². The number of benzene rings is 6. The topological polar surface area (TPSA) is 430 Å². The molecule has 0 aliphatic rings. The lowest BCUT2D eigenvalue weighted by atomic mass is 9.94. The number of aliphatic carboxylic acids is 6. The molecule has 2 atom stereocenters. The maximum absolute atomic E-state index is 12.7. The summed E-state index contributed by atoms with van der Waals surface area (Å²) in [6.45, 7) is 0. The molecule has 0 amide bonds. The first-order chi connectivity index (χ1) is 41.6. The number of aromatic carboxylic acids is 2. The minimum absolute atomic E-state index is 0.0652. The highest BCUT2D eigenvalue weighted by atomic mass is 35.5. The quantitative estimate of drug-likeness (QED) is 0.0595. The number of nitrogens with zero attached hydrogens (tertiary/aromatic N) is 6. The highest BCUT2D eigenvalue weighted by Gasteiger charge is 2.28. The first kappa shape index (κ1) is 65.3. The molecule has 0 fully saturated rings. The van der Waals surface area contributed by atoms with Crippen molar-refractivity contribution >= 4 is 104 Å². The third kappa shape index (κ3) is 15.4. The number of carboxylic acid groups (broad SMARTS) is 8. The zero-order valence-electron chi connectivity index (χ0n) is 45.6. The molecule has 4 aromatic heterocycles. The first-order valence-corrected chi connectivity index (χ1v) is 25.8. The Morgan fingerprint density at radius 1 is 0.409 bits per heavy atom. The van der Waals surface area contributed by atoms with Gasteiger partial charge in [-0.05, 0) is 93.0 Å². The fourth-order valence-corrected chi connectivity index (χ4v) is 9.16. The molecule has 26 nitrogen and oxygen atoms in total. The molecule has 28 heteroatoms. The van der Waals surface area contributed by atoms with Gasteiger partial charge in [-0.25, -0.2) is 48.3 Å². The SMILES string of the molecule is Cn1c(=O)cc(-c2ccccc2)c2cc(C(c3ccc(Cl)cc3)n3cnc(N)c3C(=O)O)ccc21.Cn1c(=O)cc(-c2ccccc2)c2cc(C(c3ccc(Cl)cc3)n3cnc(N)c3C(=O)O)ccc21.O=C(O)C(=O)O.O=C(O)C(=O)O.O=C(O)C(=O)O. The molecule has 0 spiro atoms. The number of rotatable bonds is 10. The molecule has 10 aromatic rings. The summed E-state index contributed by atoms with van der Waals surface area (Å²) < 4.78 is 6.29. The zero-order chi connectivity index (χ0) is 64.8. The van der Waals surface area contributed by atoms with E-state index in [1.54, 1.807) is 68.8 Å². The molecular weight excluding hydrogens is 1190 g/mol. The molecule has 0 saturated heterocycles. The molecule has 6 aromatic carbocycles. The van der Waals surface area contributed by atoms with Crippen LogP contribution >= 0.6 is 23.2 Å². The van der Waals surface area contributed by atoms with E-state index in [9.17, 15) is 29.4 Å². The molecule has 0 aliphatic heterocycles. The number of halogens is 2. The number of hydrogen-bond acceptors (Lipinski definition) is 14. The molecule has 0 bridgehead atoms. The second-order valence-corrected chi connectivity index (χ2v) is 19.2. The predicted octanol–water partition coefficient (Wildman–Crippen LogP) is 7.41. The van der Waals surface area contributed by atoms with Crippen molar-refractivity contribution < 1.29 is 79.2 Å². The van der Waals surface area contributed by atoms with E-state index in [0.29, 0.717) is 10.0 Å². The Morgan fingerprint density at radius 3 is 0.966 bits per heavy atom. The Bertz CT molecular complexity index is 4090. The van der Waals surface area contributed by atoms with Crippen LogP contribution in [0.25, 0.3) is 44.1 Å². The number of pyridine rings is 2. The van der Waals surface area contributed by atoms with Crippen molar-refractivity contribution in [1.29, 1.82) is 0 Å². The second-order valence-electron chi connectivity index (χ2n) is 18.3. The van der Waals surface area contributed by atoms with Crippen LogP contribution in [0.2, 0.25) is 10.0 Å². The summed E-state index contributed by atoms with van der Waals surface area (Å²) in [5.74, 6) is -13.4. The van der Waals surface area contributed by atoms with Gasteiger partial charge in [-0.3, -0.25) is 9.59 Å². The average Bonchev–Trinajstić information content (AvgIpc) is 1.40. The number of carbonyl (C=O) groups is 8. The van der Waals surface area contributed by atoms with E-state index in [1.165, 1.54) is 12.7 Å². The van der Waals surface area contributed by atoms with Crippen molar-refractivity contribution in [2.24, 2.45) is 14.1 Å². The van der Waals surface area contributed by atoms with Gasteiger partial charge in [0.15, 0.2) is 23.0 Å². The fraction of sp³-hybridized carbons (Fsp3) is 0.0667. The molecule has 2 unspecified atom stereocenters. The lowest BCUT2D eigenvalue weighted by Crippen LogP contribution is -2.19. The number of fused-ring (bicyclic) bond motifs is 2. The molecule has 0 aliphatic carbocycles. The monoisotopic (exact) mass is 1240 g/mol. The van der Waals surface area contributed by atoms with Crippen LogP contribution in [0.3, 0.4) is 0 Å². The third-order valence-corrected chi connectivity index (χ3v) is 13.4. The van der Waals surface area contributed by atoms with Crippen molar-refractivity contribution in [2.75, 3.05) is 11.5 Å². The van der Waals surface area contributed by atoms with Crippen molar-refractivity contribution in [3.05, 3.63) is 235 Å². The summed E-state index contributed by atoms with van der Waals surface area (Å²) >= 11 is 12.3. The van der Waals surface area contributed by atoms with Crippen molar-refractivity contribution in [3.63, 3.8) is 0 Å². The minimum atomic E-state index is -1.82. The maximum atomic E-state index is 12.7. The zero-order valence-corrected chi connectivity index (χ0v) is 47.1. The Hall–Kier alpha value is -11.9. The van der Waals surface area contributed by atoms with E-state index < -0.39 is 59.8 Å². The van der Waals surface area contributed by atoms with Crippen LogP contribution in [-0.4, -0.2) is 117 Å². The largest absolute Gasteiger partial charge is 0.476 e. The smallest absolute Gasteiger partial charge is 0.414 e. The van der Waals surface area contributed by atoms with Gasteiger partial charge in [-0.1, -0.05) is 120 Å². The van der Waals surface area contributed by atoms with Gasteiger partial charge in [0.05, 0.1) is 35.8 Å². The van der Waals surface area contributed by atoms with E-state index in [2.05, 4.69) is 9.97 Å². The summed E-state index contributed by atoms with van der Waals surface area (Å²) in [5.41, 5.74) is 19.5. The van der Waals surface area contributed by atoms with Crippen LogP contribution in [0.5, 0.6) is 0 Å². The minimum Gasteiger partial charge on any atom is -0.476 e. The van der Waals surface area contributed by atoms with Gasteiger partial charge in [0.1, 0.15) is 0 Å². The van der Waals surface area contributed by atoms with E-state index in [0.717, 1.165) is 66.3 Å². The number of carboxylic acids is 8. The normalized spacial score (nSPS) is 11.1. The molecule has 12 N–H and O–H groups in total. The van der Waals surface area contributed by atoms with Crippen LogP contribution in [0, 0.1) is 0 Å². The molecule has 4 heterocycles. The second kappa shape index (κ2) is 28.6. The third-order valence-electron chi connectivity index (χ3n) is 12.9. The number of imidazole rings is 2.